The monoisotopic (exact) mass is 216 g/mol. The van der Waals surface area contributed by atoms with Gasteiger partial charge in [-0.05, 0) is 26.2 Å². The van der Waals surface area contributed by atoms with Crippen LogP contribution in [0.3, 0.4) is 0 Å². The second kappa shape index (κ2) is 6.80. The van der Waals surface area contributed by atoms with Gasteiger partial charge >= 0.3 is 0 Å². The zero-order valence-electron chi connectivity index (χ0n) is 10.0. The Labute approximate surface area is 92.2 Å². The molecule has 0 fully saturated rings. The quantitative estimate of drug-likeness (QED) is 0.588. The summed E-state index contributed by atoms with van der Waals surface area (Å²) in [4.78, 5) is 11.6. The minimum absolute atomic E-state index is 0.132. The van der Waals surface area contributed by atoms with Gasteiger partial charge in [-0.15, -0.1) is 0 Å². The number of rotatable bonds is 7. The Kier molecular flexibility index (Phi) is 6.52. The number of nitrogens with one attached hydrogen (secondary N) is 1. The van der Waals surface area contributed by atoms with Gasteiger partial charge in [0.1, 0.15) is 0 Å². The van der Waals surface area contributed by atoms with Crippen LogP contribution >= 0.6 is 0 Å². The fourth-order valence-electron chi connectivity index (χ4n) is 1.39. The van der Waals surface area contributed by atoms with Gasteiger partial charge in [0.15, 0.2) is 0 Å². The Bertz CT molecular complexity index is 193. The fraction of sp³-hybridized carbons (Fsp3) is 0.909. The highest BCUT2D eigenvalue weighted by atomic mass is 16.3. The second-order valence-electron chi connectivity index (χ2n) is 4.27. The minimum atomic E-state index is -0.786. The van der Waals surface area contributed by atoms with E-state index in [-0.39, 0.29) is 12.0 Å². The van der Waals surface area contributed by atoms with Gasteiger partial charge in [0, 0.05) is 6.54 Å². The maximum absolute atomic E-state index is 11.6. The lowest BCUT2D eigenvalue weighted by Crippen LogP contribution is -2.51. The molecule has 0 aliphatic heterocycles. The predicted octanol–water partition coefficient (Wildman–Crippen LogP) is 0.781. The van der Waals surface area contributed by atoms with Crippen LogP contribution in [0.15, 0.2) is 0 Å². The number of nitrogens with two attached hydrogens (primary N) is 1. The fourth-order valence-corrected chi connectivity index (χ4v) is 1.39. The highest BCUT2D eigenvalue weighted by Gasteiger charge is 2.26. The average Bonchev–Trinajstić information content (AvgIpc) is 2.17. The van der Waals surface area contributed by atoms with Crippen molar-refractivity contribution in [2.24, 2.45) is 5.73 Å². The van der Waals surface area contributed by atoms with Gasteiger partial charge in [0.05, 0.1) is 11.6 Å². The molecule has 4 heteroatoms. The Hall–Kier alpha value is -0.610. The van der Waals surface area contributed by atoms with Crippen molar-refractivity contribution in [3.05, 3.63) is 0 Å². The van der Waals surface area contributed by atoms with Gasteiger partial charge in [-0.25, -0.2) is 0 Å². The van der Waals surface area contributed by atoms with E-state index < -0.39 is 5.54 Å². The van der Waals surface area contributed by atoms with E-state index in [9.17, 15) is 9.90 Å². The van der Waals surface area contributed by atoms with E-state index in [4.69, 9.17) is 5.73 Å². The van der Waals surface area contributed by atoms with Gasteiger partial charge in [-0.2, -0.15) is 0 Å². The molecule has 0 heterocycles. The lowest BCUT2D eigenvalue weighted by atomic mass is 9.96. The van der Waals surface area contributed by atoms with Crippen LogP contribution in [0.25, 0.3) is 0 Å². The van der Waals surface area contributed by atoms with E-state index in [1.54, 1.807) is 6.92 Å². The summed E-state index contributed by atoms with van der Waals surface area (Å²) in [6.45, 7) is 6.14. The van der Waals surface area contributed by atoms with Crippen molar-refractivity contribution < 1.29 is 9.90 Å². The molecule has 0 aliphatic rings. The first kappa shape index (κ1) is 14.4. The standard InChI is InChI=1S/C11H24N2O2/c1-4-7-11(3,12)10(15)13-8-6-9(14)5-2/h9,14H,4-8,12H2,1-3H3,(H,13,15). The minimum Gasteiger partial charge on any atom is -0.393 e. The predicted molar refractivity (Wildman–Crippen MR) is 61.4 cm³/mol. The Morgan fingerprint density at radius 1 is 1.53 bits per heavy atom. The highest BCUT2D eigenvalue weighted by Crippen LogP contribution is 2.08. The van der Waals surface area contributed by atoms with E-state index in [1.165, 1.54) is 0 Å². The largest absolute Gasteiger partial charge is 0.393 e. The first-order valence-electron chi connectivity index (χ1n) is 5.69. The van der Waals surface area contributed by atoms with Crippen LogP contribution in [0.1, 0.15) is 46.5 Å². The van der Waals surface area contributed by atoms with E-state index >= 15 is 0 Å². The molecular formula is C11H24N2O2. The summed E-state index contributed by atoms with van der Waals surface area (Å²) in [5.74, 6) is -0.132. The number of amides is 1. The number of carbonyl (C=O) groups is 1. The molecule has 90 valence electrons. The van der Waals surface area contributed by atoms with E-state index in [2.05, 4.69) is 5.32 Å². The van der Waals surface area contributed by atoms with Crippen molar-refractivity contribution in [3.8, 4) is 0 Å². The lowest BCUT2D eigenvalue weighted by molar-refractivity contribution is -0.126. The first-order valence-corrected chi connectivity index (χ1v) is 5.69. The lowest BCUT2D eigenvalue weighted by Gasteiger charge is -2.23. The number of aliphatic hydroxyl groups excluding tert-OH is 1. The van der Waals surface area contributed by atoms with Gasteiger partial charge in [-0.3, -0.25) is 4.79 Å². The van der Waals surface area contributed by atoms with Crippen LogP contribution in [0.5, 0.6) is 0 Å². The average molecular weight is 216 g/mol. The molecule has 0 aliphatic carbocycles. The van der Waals surface area contributed by atoms with Crippen LogP contribution in [-0.2, 0) is 4.79 Å². The van der Waals surface area contributed by atoms with Crippen molar-refractivity contribution in [2.45, 2.75) is 58.1 Å². The molecule has 0 aromatic heterocycles. The van der Waals surface area contributed by atoms with E-state index in [0.29, 0.717) is 25.8 Å². The van der Waals surface area contributed by atoms with Crippen molar-refractivity contribution >= 4 is 5.91 Å². The molecule has 0 aromatic rings. The number of hydrogen-bond donors (Lipinski definition) is 3. The maximum atomic E-state index is 11.6. The topological polar surface area (TPSA) is 75.4 Å². The molecule has 4 N–H and O–H groups in total. The highest BCUT2D eigenvalue weighted by molar-refractivity contribution is 5.85. The van der Waals surface area contributed by atoms with Crippen LogP contribution in [0.2, 0.25) is 0 Å². The summed E-state index contributed by atoms with van der Waals surface area (Å²) in [6.07, 6.45) is 2.53. The number of aliphatic hydroxyl groups is 1. The Morgan fingerprint density at radius 3 is 2.60 bits per heavy atom. The molecule has 15 heavy (non-hydrogen) atoms. The molecule has 4 nitrogen and oxygen atoms in total. The molecule has 1 amide bonds. The van der Waals surface area contributed by atoms with Gasteiger partial charge in [0.25, 0.3) is 0 Å². The molecule has 0 spiro atoms. The smallest absolute Gasteiger partial charge is 0.239 e. The molecule has 0 aromatic carbocycles. The molecule has 2 atom stereocenters. The molecule has 0 radical (unpaired) electrons. The molecule has 0 bridgehead atoms. The Morgan fingerprint density at radius 2 is 2.13 bits per heavy atom. The van der Waals surface area contributed by atoms with Crippen LogP contribution < -0.4 is 11.1 Å². The number of carbonyl (C=O) groups excluding carboxylic acids is 1. The summed E-state index contributed by atoms with van der Waals surface area (Å²) < 4.78 is 0. The molecule has 0 saturated carbocycles. The van der Waals surface area contributed by atoms with E-state index in [1.807, 2.05) is 13.8 Å². The van der Waals surface area contributed by atoms with E-state index in [0.717, 1.165) is 6.42 Å². The molecule has 2 unspecified atom stereocenters. The zero-order valence-corrected chi connectivity index (χ0v) is 10.0. The summed E-state index contributed by atoms with van der Waals surface area (Å²) in [7, 11) is 0. The summed E-state index contributed by atoms with van der Waals surface area (Å²) in [6, 6.07) is 0. The molecule has 0 rings (SSSR count). The summed E-state index contributed by atoms with van der Waals surface area (Å²) in [5.41, 5.74) is 5.06. The third-order valence-electron chi connectivity index (χ3n) is 2.52. The SMILES string of the molecule is CCCC(C)(N)C(=O)NCCC(O)CC. The van der Waals surface area contributed by atoms with Crippen LogP contribution in [-0.4, -0.2) is 29.2 Å². The zero-order chi connectivity index (χ0) is 11.9. The van der Waals surface area contributed by atoms with Crippen LogP contribution in [0.4, 0.5) is 0 Å². The van der Waals surface area contributed by atoms with Crippen LogP contribution in [0, 0.1) is 0 Å². The van der Waals surface area contributed by atoms with Crippen molar-refractivity contribution in [2.75, 3.05) is 6.54 Å². The van der Waals surface area contributed by atoms with Gasteiger partial charge < -0.3 is 16.2 Å². The number of hydrogen-bond acceptors (Lipinski definition) is 3. The molecular weight excluding hydrogens is 192 g/mol. The van der Waals surface area contributed by atoms with Crippen molar-refractivity contribution in [3.63, 3.8) is 0 Å². The first-order chi connectivity index (χ1) is 6.94. The van der Waals surface area contributed by atoms with Gasteiger partial charge in [-0.1, -0.05) is 20.3 Å². The maximum Gasteiger partial charge on any atom is 0.239 e. The Balaban J connectivity index is 3.83. The third-order valence-corrected chi connectivity index (χ3v) is 2.52. The van der Waals surface area contributed by atoms with Gasteiger partial charge in [0.2, 0.25) is 5.91 Å². The second-order valence-corrected chi connectivity index (χ2v) is 4.27. The molecule has 0 saturated heterocycles. The summed E-state index contributed by atoms with van der Waals surface area (Å²) in [5, 5.41) is 12.0. The summed E-state index contributed by atoms with van der Waals surface area (Å²) >= 11 is 0. The third kappa shape index (κ3) is 5.74. The van der Waals surface area contributed by atoms with Crippen molar-refractivity contribution in [1.29, 1.82) is 0 Å². The normalized spacial score (nSPS) is 16.9. The van der Waals surface area contributed by atoms with Crippen molar-refractivity contribution in [1.82, 2.24) is 5.32 Å².